The van der Waals surface area contributed by atoms with Gasteiger partial charge in [0.2, 0.25) is 0 Å². The summed E-state index contributed by atoms with van der Waals surface area (Å²) in [6.45, 7) is 0.190. The highest BCUT2D eigenvalue weighted by Gasteiger charge is 2.07. The zero-order valence-corrected chi connectivity index (χ0v) is 13.5. The van der Waals surface area contributed by atoms with E-state index in [0.29, 0.717) is 5.69 Å². The van der Waals surface area contributed by atoms with Crippen molar-refractivity contribution in [3.63, 3.8) is 0 Å². The molecule has 3 rings (SSSR count). The zero-order valence-electron chi connectivity index (χ0n) is 13.5. The number of amides is 1. The molecule has 0 saturated carbocycles. The van der Waals surface area contributed by atoms with E-state index in [1.54, 1.807) is 6.07 Å². The van der Waals surface area contributed by atoms with Crippen LogP contribution in [-0.2, 0) is 11.3 Å². The number of carbonyl (C=O) groups excluding carboxylic acids is 1. The molecule has 6 nitrogen and oxygen atoms in total. The lowest BCUT2D eigenvalue weighted by Crippen LogP contribution is -2.30. The van der Waals surface area contributed by atoms with Gasteiger partial charge in [0, 0.05) is 5.56 Å². The molecule has 1 heterocycles. The van der Waals surface area contributed by atoms with Gasteiger partial charge in [-0.25, -0.2) is 15.2 Å². The molecule has 2 aromatic carbocycles. The summed E-state index contributed by atoms with van der Waals surface area (Å²) in [7, 11) is 0. The van der Waals surface area contributed by atoms with E-state index in [0.717, 1.165) is 16.8 Å². The second-order valence-electron chi connectivity index (χ2n) is 5.31. The van der Waals surface area contributed by atoms with Crippen LogP contribution in [0.5, 0.6) is 0 Å². The number of nitrogens with zero attached hydrogens (tertiary/aromatic N) is 1. The summed E-state index contributed by atoms with van der Waals surface area (Å²) in [5.41, 5.74) is 14.2. The average molecular weight is 334 g/mol. The van der Waals surface area contributed by atoms with E-state index in [-0.39, 0.29) is 12.4 Å². The maximum absolute atomic E-state index is 11.7. The lowest BCUT2D eigenvalue weighted by molar-refractivity contribution is 0.142. The van der Waals surface area contributed by atoms with Crippen LogP contribution in [0.2, 0.25) is 0 Å². The fourth-order valence-corrected chi connectivity index (χ4v) is 2.23. The number of hydrazine groups is 1. The van der Waals surface area contributed by atoms with Crippen molar-refractivity contribution in [1.29, 1.82) is 0 Å². The second kappa shape index (κ2) is 7.83. The highest BCUT2D eigenvalue weighted by Crippen LogP contribution is 2.22. The summed E-state index contributed by atoms with van der Waals surface area (Å²) >= 11 is 0. The summed E-state index contributed by atoms with van der Waals surface area (Å²) in [4.78, 5) is 16.1. The molecule has 0 unspecified atom stereocenters. The van der Waals surface area contributed by atoms with Crippen molar-refractivity contribution in [1.82, 2.24) is 10.4 Å². The van der Waals surface area contributed by atoms with Crippen molar-refractivity contribution in [3.05, 3.63) is 78.4 Å². The predicted molar refractivity (Wildman–Crippen MR) is 97.5 cm³/mol. The van der Waals surface area contributed by atoms with Crippen LogP contribution in [0.3, 0.4) is 0 Å². The third-order valence-electron chi connectivity index (χ3n) is 3.51. The number of anilines is 2. The minimum Gasteiger partial charge on any atom is -0.443 e. The van der Waals surface area contributed by atoms with Crippen LogP contribution in [-0.4, -0.2) is 11.1 Å². The van der Waals surface area contributed by atoms with Gasteiger partial charge >= 0.3 is 6.09 Å². The van der Waals surface area contributed by atoms with E-state index in [2.05, 4.69) is 15.8 Å². The van der Waals surface area contributed by atoms with Crippen LogP contribution in [0.15, 0.2) is 72.8 Å². The Morgan fingerprint density at radius 2 is 1.64 bits per heavy atom. The van der Waals surface area contributed by atoms with Gasteiger partial charge in [-0.15, -0.1) is 0 Å². The van der Waals surface area contributed by atoms with Gasteiger partial charge in [-0.05, 0) is 17.7 Å². The van der Waals surface area contributed by atoms with Crippen LogP contribution in [0.25, 0.3) is 11.3 Å². The van der Waals surface area contributed by atoms with E-state index < -0.39 is 6.09 Å². The smallest absolute Gasteiger partial charge is 0.426 e. The summed E-state index contributed by atoms with van der Waals surface area (Å²) in [6, 6.07) is 22.7. The number of nitrogens with one attached hydrogen (secondary N) is 2. The van der Waals surface area contributed by atoms with Gasteiger partial charge in [-0.1, -0.05) is 60.7 Å². The molecule has 0 bridgehead atoms. The molecule has 0 radical (unpaired) electrons. The Kier molecular flexibility index (Phi) is 5.11. The Morgan fingerprint density at radius 1 is 0.960 bits per heavy atom. The molecule has 1 amide bonds. The maximum atomic E-state index is 11.7. The van der Waals surface area contributed by atoms with Gasteiger partial charge in [-0.3, -0.25) is 5.43 Å². The van der Waals surface area contributed by atoms with Gasteiger partial charge in [0.05, 0.1) is 11.4 Å². The summed E-state index contributed by atoms with van der Waals surface area (Å²) < 4.78 is 5.11. The van der Waals surface area contributed by atoms with Crippen LogP contribution < -0.4 is 16.6 Å². The lowest BCUT2D eigenvalue weighted by Gasteiger charge is -2.11. The van der Waals surface area contributed by atoms with Crippen LogP contribution >= 0.6 is 0 Å². The number of hydrogen-bond donors (Lipinski definition) is 3. The molecular formula is C19H18N4O2. The van der Waals surface area contributed by atoms with Gasteiger partial charge in [0.25, 0.3) is 0 Å². The molecule has 25 heavy (non-hydrogen) atoms. The molecule has 1 aromatic heterocycles. The Labute approximate surface area is 145 Å². The number of nitrogens with two attached hydrogens (primary N) is 1. The molecule has 0 spiro atoms. The molecule has 6 heteroatoms. The molecule has 126 valence electrons. The summed E-state index contributed by atoms with van der Waals surface area (Å²) in [6.07, 6.45) is -0.601. The summed E-state index contributed by atoms with van der Waals surface area (Å²) in [5.74, 6) is 0.282. The number of ether oxygens (including phenoxy) is 1. The first-order valence-corrected chi connectivity index (χ1v) is 7.77. The van der Waals surface area contributed by atoms with Crippen LogP contribution in [0, 0.1) is 0 Å². The third kappa shape index (κ3) is 4.48. The standard InChI is InChI=1S/C19H18N4O2/c20-18-17(12-11-16(21-18)15-9-5-2-6-10-15)22-23-19(24)25-13-14-7-3-1-4-8-14/h1-12,22H,13H2,(H2,20,21)(H,23,24). The van der Waals surface area contributed by atoms with Gasteiger partial charge in [0.15, 0.2) is 0 Å². The Bertz CT molecular complexity index is 839. The minimum atomic E-state index is -0.601. The molecular weight excluding hydrogens is 316 g/mol. The largest absolute Gasteiger partial charge is 0.443 e. The van der Waals surface area contributed by atoms with Gasteiger partial charge < -0.3 is 10.5 Å². The normalized spacial score (nSPS) is 10.1. The lowest BCUT2D eigenvalue weighted by atomic mass is 10.1. The Hall–Kier alpha value is -3.54. The summed E-state index contributed by atoms with van der Waals surface area (Å²) in [5, 5.41) is 0. The van der Waals surface area contributed by atoms with Crippen LogP contribution in [0.4, 0.5) is 16.3 Å². The fraction of sp³-hybridized carbons (Fsp3) is 0.0526. The van der Waals surface area contributed by atoms with Crippen molar-refractivity contribution in [3.8, 4) is 11.3 Å². The molecule has 3 aromatic rings. The first-order chi connectivity index (χ1) is 12.2. The second-order valence-corrected chi connectivity index (χ2v) is 5.31. The number of benzene rings is 2. The van der Waals surface area contributed by atoms with E-state index in [9.17, 15) is 4.79 Å². The van der Waals surface area contributed by atoms with E-state index in [1.165, 1.54) is 0 Å². The molecule has 0 atom stereocenters. The molecule has 4 N–H and O–H groups in total. The van der Waals surface area contributed by atoms with Gasteiger partial charge in [0.1, 0.15) is 12.4 Å². The molecule has 0 aliphatic carbocycles. The third-order valence-corrected chi connectivity index (χ3v) is 3.51. The number of nitrogen functional groups attached to an aromatic ring is 1. The number of pyridine rings is 1. The average Bonchev–Trinajstić information content (AvgIpc) is 2.67. The van der Waals surface area contributed by atoms with E-state index in [4.69, 9.17) is 10.5 Å². The van der Waals surface area contributed by atoms with Crippen molar-refractivity contribution in [2.45, 2.75) is 6.61 Å². The highest BCUT2D eigenvalue weighted by atomic mass is 16.6. The first-order valence-electron chi connectivity index (χ1n) is 7.77. The Morgan fingerprint density at radius 3 is 2.32 bits per heavy atom. The van der Waals surface area contributed by atoms with Crippen molar-refractivity contribution in [2.75, 3.05) is 11.2 Å². The van der Waals surface area contributed by atoms with Crippen molar-refractivity contribution < 1.29 is 9.53 Å². The maximum Gasteiger partial charge on any atom is 0.426 e. The Balaban J connectivity index is 1.55. The van der Waals surface area contributed by atoms with Crippen molar-refractivity contribution in [2.24, 2.45) is 0 Å². The number of aromatic nitrogens is 1. The topological polar surface area (TPSA) is 89.3 Å². The predicted octanol–water partition coefficient (Wildman–Crippen LogP) is 3.58. The molecule has 0 saturated heterocycles. The minimum absolute atomic E-state index is 0.190. The van der Waals surface area contributed by atoms with E-state index in [1.807, 2.05) is 66.7 Å². The monoisotopic (exact) mass is 334 g/mol. The number of rotatable bonds is 5. The number of carbonyl (C=O) groups is 1. The van der Waals surface area contributed by atoms with Crippen molar-refractivity contribution >= 4 is 17.6 Å². The molecule has 0 aliphatic heterocycles. The highest BCUT2D eigenvalue weighted by molar-refractivity contribution is 5.73. The van der Waals surface area contributed by atoms with Crippen LogP contribution in [0.1, 0.15) is 5.56 Å². The quantitative estimate of drug-likeness (QED) is 0.621. The fourth-order valence-electron chi connectivity index (χ4n) is 2.23. The zero-order chi connectivity index (χ0) is 17.5. The van der Waals surface area contributed by atoms with E-state index >= 15 is 0 Å². The first kappa shape index (κ1) is 16.3. The van der Waals surface area contributed by atoms with Gasteiger partial charge in [-0.2, -0.15) is 0 Å². The number of hydrogen-bond acceptors (Lipinski definition) is 5. The molecule has 0 fully saturated rings. The SMILES string of the molecule is Nc1nc(-c2ccccc2)ccc1NNC(=O)OCc1ccccc1. The molecule has 0 aliphatic rings.